The van der Waals surface area contributed by atoms with Crippen molar-refractivity contribution in [2.45, 2.75) is 33.1 Å². The lowest BCUT2D eigenvalue weighted by Gasteiger charge is -2.11. The molecule has 3 N–H and O–H groups in total. The summed E-state index contributed by atoms with van der Waals surface area (Å²) in [5, 5.41) is 12.6. The summed E-state index contributed by atoms with van der Waals surface area (Å²) in [4.78, 5) is 41.4. The van der Waals surface area contributed by atoms with Crippen LogP contribution in [0.2, 0.25) is 0 Å². The van der Waals surface area contributed by atoms with E-state index < -0.39 is 0 Å². The Morgan fingerprint density at radius 1 is 0.967 bits per heavy atom. The standard InChI is InChI=1S/C21H22N4O3S2/c1-3-18(26)22-14-7-6-13(2)17(9-14)24-19(27)10-15-12-30-21(23-15)25-20(28)11-16-5-4-8-29-16/h4-9,12H,3,10-11H2,1-2H3,(H,22,26)(H,24,27)(H,23,25,28). The molecule has 0 aliphatic heterocycles. The number of thiophene rings is 1. The van der Waals surface area contributed by atoms with Crippen LogP contribution in [0.3, 0.4) is 0 Å². The minimum absolute atomic E-state index is 0.0856. The van der Waals surface area contributed by atoms with Crippen LogP contribution in [0.1, 0.15) is 29.5 Å². The van der Waals surface area contributed by atoms with Gasteiger partial charge in [0.25, 0.3) is 0 Å². The predicted octanol–water partition coefficient (Wildman–Crippen LogP) is 4.22. The molecule has 0 radical (unpaired) electrons. The lowest BCUT2D eigenvalue weighted by molar-refractivity contribution is -0.116. The van der Waals surface area contributed by atoms with Crippen LogP contribution in [0.4, 0.5) is 16.5 Å². The van der Waals surface area contributed by atoms with Crippen LogP contribution in [-0.4, -0.2) is 22.7 Å². The van der Waals surface area contributed by atoms with Crippen molar-refractivity contribution in [2.24, 2.45) is 0 Å². The molecule has 0 bridgehead atoms. The van der Waals surface area contributed by atoms with E-state index in [-0.39, 0.29) is 24.1 Å². The molecule has 3 rings (SSSR count). The van der Waals surface area contributed by atoms with Crippen LogP contribution in [0.15, 0.2) is 41.1 Å². The number of hydrogen-bond donors (Lipinski definition) is 3. The molecule has 0 unspecified atom stereocenters. The van der Waals surface area contributed by atoms with Crippen LogP contribution in [0.25, 0.3) is 0 Å². The fourth-order valence-corrected chi connectivity index (χ4v) is 4.05. The minimum Gasteiger partial charge on any atom is -0.326 e. The molecule has 0 spiro atoms. The van der Waals surface area contributed by atoms with E-state index in [0.717, 1.165) is 10.4 Å². The SMILES string of the molecule is CCC(=O)Nc1ccc(C)c(NC(=O)Cc2csc(NC(=O)Cc3cccs3)n2)c1. The number of aryl methyl sites for hydroxylation is 1. The van der Waals surface area contributed by atoms with Gasteiger partial charge >= 0.3 is 0 Å². The third kappa shape index (κ3) is 6.23. The highest BCUT2D eigenvalue weighted by atomic mass is 32.1. The molecule has 1 aromatic carbocycles. The largest absolute Gasteiger partial charge is 0.326 e. The highest BCUT2D eigenvalue weighted by Crippen LogP contribution is 2.22. The molecule has 0 atom stereocenters. The summed E-state index contributed by atoms with van der Waals surface area (Å²) in [7, 11) is 0. The van der Waals surface area contributed by atoms with E-state index in [1.54, 1.807) is 24.4 Å². The van der Waals surface area contributed by atoms with Crippen LogP contribution >= 0.6 is 22.7 Å². The van der Waals surface area contributed by atoms with E-state index in [1.165, 1.54) is 22.7 Å². The molecule has 0 fully saturated rings. The average Bonchev–Trinajstić information content (AvgIpc) is 3.36. The molecular formula is C21H22N4O3S2. The normalized spacial score (nSPS) is 10.5. The van der Waals surface area contributed by atoms with Gasteiger partial charge in [0, 0.05) is 28.1 Å². The third-order valence-corrected chi connectivity index (χ3v) is 5.85. The summed E-state index contributed by atoms with van der Waals surface area (Å²) in [5.74, 6) is -0.449. The molecule has 7 nitrogen and oxygen atoms in total. The van der Waals surface area contributed by atoms with E-state index in [2.05, 4.69) is 20.9 Å². The molecule has 9 heteroatoms. The second-order valence-electron chi connectivity index (χ2n) is 6.60. The smallest absolute Gasteiger partial charge is 0.231 e. The van der Waals surface area contributed by atoms with Gasteiger partial charge < -0.3 is 16.0 Å². The number of hydrogen-bond acceptors (Lipinski definition) is 6. The van der Waals surface area contributed by atoms with Gasteiger partial charge in [0.1, 0.15) is 0 Å². The quantitative estimate of drug-likeness (QED) is 0.486. The summed E-state index contributed by atoms with van der Waals surface area (Å²) >= 11 is 2.82. The number of thiazole rings is 1. The molecule has 0 saturated heterocycles. The first-order chi connectivity index (χ1) is 14.4. The van der Waals surface area contributed by atoms with E-state index in [0.29, 0.717) is 35.0 Å². The number of aromatic nitrogens is 1. The molecular weight excluding hydrogens is 420 g/mol. The van der Waals surface area contributed by atoms with Crippen LogP contribution in [0, 0.1) is 6.92 Å². The van der Waals surface area contributed by atoms with Gasteiger partial charge in [0.15, 0.2) is 5.13 Å². The first-order valence-corrected chi connectivity index (χ1v) is 11.2. The second kappa shape index (κ2) is 10.1. The number of amides is 3. The van der Waals surface area contributed by atoms with Gasteiger partial charge in [0.05, 0.1) is 18.5 Å². The molecule has 3 aromatic rings. The highest BCUT2D eigenvalue weighted by Gasteiger charge is 2.12. The maximum absolute atomic E-state index is 12.4. The number of nitrogens with zero attached hydrogens (tertiary/aromatic N) is 1. The number of benzene rings is 1. The zero-order chi connectivity index (χ0) is 21.5. The molecule has 30 heavy (non-hydrogen) atoms. The Balaban J connectivity index is 1.56. The van der Waals surface area contributed by atoms with Crippen molar-refractivity contribution in [3.8, 4) is 0 Å². The van der Waals surface area contributed by atoms with E-state index in [4.69, 9.17) is 0 Å². The number of rotatable bonds is 8. The third-order valence-electron chi connectivity index (χ3n) is 4.17. The molecule has 0 saturated carbocycles. The first-order valence-electron chi connectivity index (χ1n) is 9.40. The number of carbonyl (C=O) groups excluding carboxylic acids is 3. The molecule has 0 aliphatic carbocycles. The Bertz CT molecular complexity index is 1040. The van der Waals surface area contributed by atoms with Crippen molar-refractivity contribution in [3.05, 3.63) is 57.2 Å². The Kier molecular flexibility index (Phi) is 7.31. The Morgan fingerprint density at radius 2 is 1.77 bits per heavy atom. The fourth-order valence-electron chi connectivity index (χ4n) is 2.62. The van der Waals surface area contributed by atoms with E-state index >= 15 is 0 Å². The van der Waals surface area contributed by atoms with Gasteiger partial charge in [-0.1, -0.05) is 19.1 Å². The number of carbonyl (C=O) groups is 3. The van der Waals surface area contributed by atoms with Gasteiger partial charge in [-0.25, -0.2) is 4.98 Å². The predicted molar refractivity (Wildman–Crippen MR) is 121 cm³/mol. The average molecular weight is 443 g/mol. The second-order valence-corrected chi connectivity index (χ2v) is 8.50. The van der Waals surface area contributed by atoms with Crippen molar-refractivity contribution in [2.75, 3.05) is 16.0 Å². The zero-order valence-electron chi connectivity index (χ0n) is 16.7. The first kappa shape index (κ1) is 21.7. The maximum Gasteiger partial charge on any atom is 0.231 e. The summed E-state index contributed by atoms with van der Waals surface area (Å²) in [6, 6.07) is 9.18. The van der Waals surface area contributed by atoms with Gasteiger partial charge in [0.2, 0.25) is 17.7 Å². The Hall–Kier alpha value is -3.04. The lowest BCUT2D eigenvalue weighted by atomic mass is 10.1. The molecule has 3 amide bonds. The van der Waals surface area contributed by atoms with Gasteiger partial charge in [-0.3, -0.25) is 14.4 Å². The van der Waals surface area contributed by atoms with Crippen LogP contribution in [-0.2, 0) is 27.2 Å². The topological polar surface area (TPSA) is 100 Å². The van der Waals surface area contributed by atoms with Crippen molar-refractivity contribution in [3.63, 3.8) is 0 Å². The van der Waals surface area contributed by atoms with Crippen molar-refractivity contribution in [1.82, 2.24) is 4.98 Å². The van der Waals surface area contributed by atoms with Crippen molar-refractivity contribution in [1.29, 1.82) is 0 Å². The molecule has 2 heterocycles. The lowest BCUT2D eigenvalue weighted by Crippen LogP contribution is -2.16. The maximum atomic E-state index is 12.4. The summed E-state index contributed by atoms with van der Waals surface area (Å²) < 4.78 is 0. The van der Waals surface area contributed by atoms with Gasteiger partial charge in [-0.05, 0) is 36.1 Å². The van der Waals surface area contributed by atoms with Crippen LogP contribution in [0.5, 0.6) is 0 Å². The van der Waals surface area contributed by atoms with Gasteiger partial charge in [-0.2, -0.15) is 0 Å². The molecule has 2 aromatic heterocycles. The Morgan fingerprint density at radius 3 is 2.50 bits per heavy atom. The van der Waals surface area contributed by atoms with E-state index in [9.17, 15) is 14.4 Å². The van der Waals surface area contributed by atoms with Gasteiger partial charge in [-0.15, -0.1) is 22.7 Å². The molecule has 0 aliphatic rings. The van der Waals surface area contributed by atoms with Crippen LogP contribution < -0.4 is 16.0 Å². The summed E-state index contributed by atoms with van der Waals surface area (Å²) in [6.45, 7) is 3.66. The van der Waals surface area contributed by atoms with Crippen molar-refractivity contribution < 1.29 is 14.4 Å². The minimum atomic E-state index is -0.223. The monoisotopic (exact) mass is 442 g/mol. The number of anilines is 3. The highest BCUT2D eigenvalue weighted by molar-refractivity contribution is 7.14. The fraction of sp³-hybridized carbons (Fsp3) is 0.238. The zero-order valence-corrected chi connectivity index (χ0v) is 18.3. The van der Waals surface area contributed by atoms with Crippen molar-refractivity contribution >= 4 is 56.9 Å². The van der Waals surface area contributed by atoms with E-state index in [1.807, 2.05) is 30.5 Å². The number of nitrogens with one attached hydrogen (secondary N) is 3. The summed E-state index contributed by atoms with van der Waals surface area (Å²) in [6.07, 6.45) is 0.769. The molecule has 156 valence electrons. The summed E-state index contributed by atoms with van der Waals surface area (Å²) in [5.41, 5.74) is 2.73. The Labute approximate surface area is 182 Å².